The van der Waals surface area contributed by atoms with Gasteiger partial charge in [-0.15, -0.1) is 0 Å². The van der Waals surface area contributed by atoms with Gasteiger partial charge >= 0.3 is 0 Å². The molecule has 0 rings (SSSR count). The summed E-state index contributed by atoms with van der Waals surface area (Å²) in [5, 5.41) is 0.0511. The van der Waals surface area contributed by atoms with Crippen LogP contribution in [0.15, 0.2) is 0 Å². The third-order valence-electron chi connectivity index (χ3n) is 4.36. The predicted molar refractivity (Wildman–Crippen MR) is 92.0 cm³/mol. The molecule has 0 aromatic rings. The number of hydrogen-bond acceptors (Lipinski definition) is 1. The molecule has 0 aromatic heterocycles. The van der Waals surface area contributed by atoms with Crippen LogP contribution in [0, 0.1) is 0 Å². The maximum Gasteiger partial charge on any atom is 0.161 e. The molecule has 0 fully saturated rings. The van der Waals surface area contributed by atoms with Crippen LogP contribution in [0.5, 0.6) is 0 Å². The smallest absolute Gasteiger partial charge is 0.161 e. The third kappa shape index (κ3) is 11.9. The van der Waals surface area contributed by atoms with Crippen molar-refractivity contribution in [2.45, 2.75) is 116 Å². The molecule has 1 nitrogen and oxygen atoms in total. The fourth-order valence-electron chi connectivity index (χ4n) is 2.79. The summed E-state index contributed by atoms with van der Waals surface area (Å²) in [5.41, 5.74) is 0. The highest BCUT2D eigenvalue weighted by Crippen LogP contribution is 2.34. The van der Waals surface area contributed by atoms with Crippen molar-refractivity contribution in [1.82, 2.24) is 0 Å². The van der Waals surface area contributed by atoms with E-state index in [-0.39, 0.29) is 5.16 Å². The average molecular weight is 300 g/mol. The highest BCUT2D eigenvalue weighted by Gasteiger charge is 2.23. The Morgan fingerprint density at radius 1 is 0.650 bits per heavy atom. The molecule has 0 N–H and O–H groups in total. The van der Waals surface area contributed by atoms with Gasteiger partial charge in [-0.05, 0) is 19.8 Å². The molecule has 0 heterocycles. The van der Waals surface area contributed by atoms with E-state index in [4.69, 9.17) is 0 Å². The molecule has 0 saturated carbocycles. The number of unbranched alkanes of at least 4 members (excludes halogenated alkanes) is 10. The van der Waals surface area contributed by atoms with Gasteiger partial charge in [0.1, 0.15) is 0 Å². The Bertz CT molecular complexity index is 199. The van der Waals surface area contributed by atoms with Crippen LogP contribution in [-0.4, -0.2) is 5.16 Å². The van der Waals surface area contributed by atoms with E-state index in [9.17, 15) is 4.57 Å². The fraction of sp³-hybridized carbons (Fsp3) is 1.00. The Labute approximate surface area is 129 Å². The van der Waals surface area contributed by atoms with Crippen molar-refractivity contribution in [2.24, 2.45) is 0 Å². The molecular weight excluding hydrogens is 263 g/mol. The molecule has 0 bridgehead atoms. The van der Waals surface area contributed by atoms with Gasteiger partial charge in [0.2, 0.25) is 0 Å². The standard InChI is InChI=1S/C18H37OP/c1-4-6-8-10-12-14-16-18(3,20-19)17-15-13-11-9-7-5-2/h4-17H2,1-3H3. The summed E-state index contributed by atoms with van der Waals surface area (Å²) in [5.74, 6) is 0. The fourth-order valence-corrected chi connectivity index (χ4v) is 3.29. The van der Waals surface area contributed by atoms with Gasteiger partial charge in [0.25, 0.3) is 0 Å². The first-order chi connectivity index (χ1) is 9.68. The van der Waals surface area contributed by atoms with Crippen molar-refractivity contribution in [3.63, 3.8) is 0 Å². The van der Waals surface area contributed by atoms with Gasteiger partial charge in [-0.25, -0.2) is 0 Å². The molecule has 0 aromatic carbocycles. The van der Waals surface area contributed by atoms with Crippen molar-refractivity contribution >= 4 is 8.46 Å². The van der Waals surface area contributed by atoms with E-state index < -0.39 is 0 Å². The molecule has 120 valence electrons. The molecule has 0 saturated heterocycles. The van der Waals surface area contributed by atoms with Gasteiger partial charge in [0.05, 0.1) is 0 Å². The first-order valence-corrected chi connectivity index (χ1v) is 9.84. The second-order valence-electron chi connectivity index (χ2n) is 6.62. The highest BCUT2D eigenvalue weighted by atomic mass is 31.1. The summed E-state index contributed by atoms with van der Waals surface area (Å²) in [4.78, 5) is 0. The van der Waals surface area contributed by atoms with Gasteiger partial charge in [0, 0.05) is 5.16 Å². The van der Waals surface area contributed by atoms with Crippen molar-refractivity contribution in [3.8, 4) is 0 Å². The minimum absolute atomic E-state index is 0.0511. The van der Waals surface area contributed by atoms with E-state index >= 15 is 0 Å². The third-order valence-corrected chi connectivity index (χ3v) is 5.25. The van der Waals surface area contributed by atoms with E-state index in [0.717, 1.165) is 12.8 Å². The first-order valence-electron chi connectivity index (χ1n) is 9.03. The van der Waals surface area contributed by atoms with E-state index in [1.54, 1.807) is 0 Å². The van der Waals surface area contributed by atoms with Crippen molar-refractivity contribution < 1.29 is 4.57 Å². The van der Waals surface area contributed by atoms with Crippen LogP contribution < -0.4 is 0 Å². The molecule has 20 heavy (non-hydrogen) atoms. The summed E-state index contributed by atoms with van der Waals surface area (Å²) in [6.07, 6.45) is 18.3. The molecular formula is C18H37OP. The van der Waals surface area contributed by atoms with Crippen molar-refractivity contribution in [1.29, 1.82) is 0 Å². The van der Waals surface area contributed by atoms with Crippen LogP contribution in [0.25, 0.3) is 0 Å². The lowest BCUT2D eigenvalue weighted by atomic mass is 9.95. The molecule has 0 atom stereocenters. The Morgan fingerprint density at radius 3 is 1.35 bits per heavy atom. The minimum Gasteiger partial charge on any atom is -0.274 e. The van der Waals surface area contributed by atoms with Gasteiger partial charge < -0.3 is 0 Å². The molecule has 0 aliphatic carbocycles. The van der Waals surface area contributed by atoms with E-state index in [1.165, 1.54) is 77.0 Å². The van der Waals surface area contributed by atoms with E-state index in [1.807, 2.05) is 0 Å². The topological polar surface area (TPSA) is 17.1 Å². The largest absolute Gasteiger partial charge is 0.274 e. The quantitative estimate of drug-likeness (QED) is 0.225. The highest BCUT2D eigenvalue weighted by molar-refractivity contribution is 7.25. The lowest BCUT2D eigenvalue weighted by molar-refractivity contribution is 0.449. The van der Waals surface area contributed by atoms with Crippen LogP contribution in [0.2, 0.25) is 0 Å². The van der Waals surface area contributed by atoms with E-state index in [2.05, 4.69) is 20.8 Å². The summed E-state index contributed by atoms with van der Waals surface area (Å²) in [6, 6.07) is 0. The first kappa shape index (κ1) is 20.1. The second kappa shape index (κ2) is 14.1. The number of rotatable bonds is 15. The summed E-state index contributed by atoms with van der Waals surface area (Å²) >= 11 is 0. The Kier molecular flexibility index (Phi) is 14.1. The zero-order chi connectivity index (χ0) is 15.1. The summed E-state index contributed by atoms with van der Waals surface area (Å²) in [7, 11) is 0.368. The Hall–Kier alpha value is 0.100. The lowest BCUT2D eigenvalue weighted by Gasteiger charge is -2.21. The minimum atomic E-state index is 0.0511. The monoisotopic (exact) mass is 300 g/mol. The van der Waals surface area contributed by atoms with Crippen LogP contribution in [-0.2, 0) is 4.57 Å². The molecule has 0 radical (unpaired) electrons. The molecule has 2 heteroatoms. The average Bonchev–Trinajstić information content (AvgIpc) is 2.46. The van der Waals surface area contributed by atoms with E-state index in [0.29, 0.717) is 8.46 Å². The lowest BCUT2D eigenvalue weighted by Crippen LogP contribution is -2.16. The predicted octanol–water partition coefficient (Wildman–Crippen LogP) is 7.54. The van der Waals surface area contributed by atoms with Crippen LogP contribution in [0.4, 0.5) is 0 Å². The molecule has 0 amide bonds. The normalized spacial score (nSPS) is 12.2. The summed E-state index contributed by atoms with van der Waals surface area (Å²) < 4.78 is 11.5. The Balaban J connectivity index is 3.60. The maximum absolute atomic E-state index is 11.5. The molecule has 0 aliphatic heterocycles. The number of hydrogen-bond donors (Lipinski definition) is 0. The van der Waals surface area contributed by atoms with Gasteiger partial charge in [0.15, 0.2) is 8.46 Å². The van der Waals surface area contributed by atoms with Crippen LogP contribution in [0.1, 0.15) is 111 Å². The zero-order valence-electron chi connectivity index (χ0n) is 14.3. The van der Waals surface area contributed by atoms with Crippen LogP contribution in [0.3, 0.4) is 0 Å². The maximum atomic E-state index is 11.5. The van der Waals surface area contributed by atoms with Crippen molar-refractivity contribution in [3.05, 3.63) is 0 Å². The molecule has 0 unspecified atom stereocenters. The SMILES string of the molecule is CCCCCCCCC(C)(CCCCCCCC)P=O. The molecule has 0 aliphatic rings. The van der Waals surface area contributed by atoms with Gasteiger partial charge in [-0.2, -0.15) is 0 Å². The van der Waals surface area contributed by atoms with Gasteiger partial charge in [-0.3, -0.25) is 4.57 Å². The van der Waals surface area contributed by atoms with Crippen LogP contribution >= 0.6 is 8.46 Å². The van der Waals surface area contributed by atoms with Gasteiger partial charge in [-0.1, -0.05) is 90.9 Å². The zero-order valence-corrected chi connectivity index (χ0v) is 15.1. The summed E-state index contributed by atoms with van der Waals surface area (Å²) in [6.45, 7) is 6.72. The second-order valence-corrected chi connectivity index (χ2v) is 7.89. The van der Waals surface area contributed by atoms with Crippen molar-refractivity contribution in [2.75, 3.05) is 0 Å². The molecule has 0 spiro atoms. The Morgan fingerprint density at radius 2 is 1.00 bits per heavy atom.